The second kappa shape index (κ2) is 7.24. The van der Waals surface area contributed by atoms with Crippen LogP contribution in [0.5, 0.6) is 0 Å². The average molecular weight is 313 g/mol. The minimum absolute atomic E-state index is 0.0303. The first-order chi connectivity index (χ1) is 10.9. The Bertz CT molecular complexity index is 707. The first-order valence-corrected chi connectivity index (χ1v) is 7.59. The van der Waals surface area contributed by atoms with E-state index in [1.165, 1.54) is 4.90 Å². The van der Waals surface area contributed by atoms with Crippen LogP contribution < -0.4 is 5.32 Å². The van der Waals surface area contributed by atoms with Crippen LogP contribution in [-0.4, -0.2) is 55.3 Å². The van der Waals surface area contributed by atoms with E-state index in [1.54, 1.807) is 33.0 Å². The molecule has 0 bridgehead atoms. The molecule has 0 heterocycles. The van der Waals surface area contributed by atoms with Crippen LogP contribution in [-0.2, 0) is 9.59 Å². The fourth-order valence-electron chi connectivity index (χ4n) is 2.26. The van der Waals surface area contributed by atoms with Gasteiger partial charge in [-0.05, 0) is 25.4 Å². The normalized spacial score (nSPS) is 12.2. The lowest BCUT2D eigenvalue weighted by molar-refractivity contribution is -0.131. The van der Waals surface area contributed by atoms with E-state index in [1.807, 2.05) is 42.5 Å². The second-order valence-electron chi connectivity index (χ2n) is 5.90. The summed E-state index contributed by atoms with van der Waals surface area (Å²) in [6, 6.07) is 13.3. The van der Waals surface area contributed by atoms with Gasteiger partial charge >= 0.3 is 0 Å². The number of hydrogen-bond donors (Lipinski definition) is 1. The first-order valence-electron chi connectivity index (χ1n) is 7.59. The van der Waals surface area contributed by atoms with E-state index in [9.17, 15) is 9.59 Å². The highest BCUT2D eigenvalue weighted by Crippen LogP contribution is 2.23. The van der Waals surface area contributed by atoms with Gasteiger partial charge in [-0.1, -0.05) is 36.4 Å². The van der Waals surface area contributed by atoms with Crippen LogP contribution in [0.3, 0.4) is 0 Å². The molecule has 0 aliphatic heterocycles. The molecule has 0 spiro atoms. The highest BCUT2D eigenvalue weighted by atomic mass is 16.2. The second-order valence-corrected chi connectivity index (χ2v) is 5.90. The van der Waals surface area contributed by atoms with E-state index in [-0.39, 0.29) is 18.4 Å². The monoisotopic (exact) mass is 313 g/mol. The van der Waals surface area contributed by atoms with Crippen LogP contribution >= 0.6 is 0 Å². The maximum Gasteiger partial charge on any atom is 0.241 e. The van der Waals surface area contributed by atoms with Crippen LogP contribution in [0.25, 0.3) is 10.8 Å². The predicted octanol–water partition coefficient (Wildman–Crippen LogP) is 2.19. The molecule has 0 unspecified atom stereocenters. The molecule has 23 heavy (non-hydrogen) atoms. The fraction of sp³-hybridized carbons (Fsp3) is 0.333. The SMILES string of the molecule is C[C@@H](C(=O)Nc1cccc2ccccc12)N(C)CC(=O)N(C)C. The smallest absolute Gasteiger partial charge is 0.241 e. The molecule has 0 aliphatic carbocycles. The number of fused-ring (bicyclic) bond motifs is 1. The molecule has 122 valence electrons. The van der Waals surface area contributed by atoms with Crippen LogP contribution in [0, 0.1) is 0 Å². The number of nitrogens with one attached hydrogen (secondary N) is 1. The van der Waals surface area contributed by atoms with E-state index in [2.05, 4.69) is 5.32 Å². The van der Waals surface area contributed by atoms with Crippen LogP contribution in [0.2, 0.25) is 0 Å². The number of likely N-dealkylation sites (N-methyl/N-ethyl adjacent to an activating group) is 2. The average Bonchev–Trinajstić information content (AvgIpc) is 2.54. The Hall–Kier alpha value is -2.40. The number of carbonyl (C=O) groups excluding carboxylic acids is 2. The summed E-state index contributed by atoms with van der Waals surface area (Å²) in [5.41, 5.74) is 0.785. The van der Waals surface area contributed by atoms with Crippen molar-refractivity contribution in [1.82, 2.24) is 9.80 Å². The Morgan fingerprint density at radius 3 is 2.39 bits per heavy atom. The van der Waals surface area contributed by atoms with Gasteiger partial charge in [-0.15, -0.1) is 0 Å². The van der Waals surface area contributed by atoms with Crippen LogP contribution in [0.15, 0.2) is 42.5 Å². The summed E-state index contributed by atoms with van der Waals surface area (Å²) in [5, 5.41) is 5.04. The Balaban J connectivity index is 2.10. The predicted molar refractivity (Wildman–Crippen MR) is 93.4 cm³/mol. The number of hydrogen-bond acceptors (Lipinski definition) is 3. The number of benzene rings is 2. The van der Waals surface area contributed by atoms with Crippen molar-refractivity contribution >= 4 is 28.3 Å². The highest BCUT2D eigenvalue weighted by Gasteiger charge is 2.21. The van der Waals surface area contributed by atoms with E-state index in [0.29, 0.717) is 0 Å². The van der Waals surface area contributed by atoms with Crippen molar-refractivity contribution in [2.24, 2.45) is 0 Å². The van der Waals surface area contributed by atoms with E-state index >= 15 is 0 Å². The molecule has 2 aromatic carbocycles. The number of amides is 2. The number of rotatable bonds is 5. The fourth-order valence-corrected chi connectivity index (χ4v) is 2.26. The van der Waals surface area contributed by atoms with E-state index in [4.69, 9.17) is 0 Å². The summed E-state index contributed by atoms with van der Waals surface area (Å²) in [4.78, 5) is 27.5. The van der Waals surface area contributed by atoms with Crippen LogP contribution in [0.4, 0.5) is 5.69 Å². The van der Waals surface area contributed by atoms with E-state index in [0.717, 1.165) is 16.5 Å². The molecule has 2 aromatic rings. The summed E-state index contributed by atoms with van der Waals surface area (Å²) < 4.78 is 0. The van der Waals surface area contributed by atoms with Crippen molar-refractivity contribution in [3.05, 3.63) is 42.5 Å². The topological polar surface area (TPSA) is 52.7 Å². The third kappa shape index (κ3) is 4.07. The molecule has 2 rings (SSSR count). The molecule has 0 fully saturated rings. The van der Waals surface area contributed by atoms with Gasteiger partial charge < -0.3 is 10.2 Å². The summed E-state index contributed by atoms with van der Waals surface area (Å²) in [7, 11) is 5.18. The zero-order valence-electron chi connectivity index (χ0n) is 14.0. The molecule has 0 saturated heterocycles. The lowest BCUT2D eigenvalue weighted by atomic mass is 10.1. The molecule has 5 heteroatoms. The molecule has 1 N–H and O–H groups in total. The third-order valence-corrected chi connectivity index (χ3v) is 3.97. The molecule has 2 amide bonds. The molecular weight excluding hydrogens is 290 g/mol. The first kappa shape index (κ1) is 17.0. The lowest BCUT2D eigenvalue weighted by Crippen LogP contribution is -2.44. The van der Waals surface area contributed by atoms with Gasteiger partial charge in [0.2, 0.25) is 11.8 Å². The molecule has 0 aliphatic rings. The van der Waals surface area contributed by atoms with Gasteiger partial charge in [-0.3, -0.25) is 14.5 Å². The largest absolute Gasteiger partial charge is 0.348 e. The summed E-state index contributed by atoms with van der Waals surface area (Å²) in [6.07, 6.45) is 0. The van der Waals surface area contributed by atoms with Gasteiger partial charge in [0.05, 0.1) is 12.6 Å². The lowest BCUT2D eigenvalue weighted by Gasteiger charge is -2.24. The third-order valence-electron chi connectivity index (χ3n) is 3.97. The quantitative estimate of drug-likeness (QED) is 0.920. The van der Waals surface area contributed by atoms with Gasteiger partial charge in [0.25, 0.3) is 0 Å². The molecule has 0 radical (unpaired) electrons. The maximum absolute atomic E-state index is 12.5. The van der Waals surface area contributed by atoms with E-state index < -0.39 is 6.04 Å². The minimum atomic E-state index is -0.405. The summed E-state index contributed by atoms with van der Waals surface area (Å²) in [5.74, 6) is -0.160. The van der Waals surface area contributed by atoms with Crippen molar-refractivity contribution in [2.45, 2.75) is 13.0 Å². The van der Waals surface area contributed by atoms with Crippen molar-refractivity contribution in [2.75, 3.05) is 33.0 Å². The summed E-state index contributed by atoms with van der Waals surface area (Å²) in [6.45, 7) is 2.00. The molecule has 0 saturated carbocycles. The van der Waals surface area contributed by atoms with Gasteiger partial charge in [-0.25, -0.2) is 0 Å². The number of anilines is 1. The number of nitrogens with zero attached hydrogens (tertiary/aromatic N) is 2. The van der Waals surface area contributed by atoms with Crippen molar-refractivity contribution < 1.29 is 9.59 Å². The Kier molecular flexibility index (Phi) is 5.34. The number of carbonyl (C=O) groups is 2. The highest BCUT2D eigenvalue weighted by molar-refractivity contribution is 6.03. The zero-order chi connectivity index (χ0) is 17.0. The minimum Gasteiger partial charge on any atom is -0.348 e. The van der Waals surface area contributed by atoms with Crippen molar-refractivity contribution in [3.63, 3.8) is 0 Å². The molecule has 5 nitrogen and oxygen atoms in total. The van der Waals surface area contributed by atoms with Crippen molar-refractivity contribution in [1.29, 1.82) is 0 Å². The van der Waals surface area contributed by atoms with Crippen molar-refractivity contribution in [3.8, 4) is 0 Å². The van der Waals surface area contributed by atoms with Gasteiger partial charge in [0, 0.05) is 25.2 Å². The molecule has 0 aromatic heterocycles. The summed E-state index contributed by atoms with van der Waals surface area (Å²) >= 11 is 0. The van der Waals surface area contributed by atoms with Gasteiger partial charge in [0.1, 0.15) is 0 Å². The van der Waals surface area contributed by atoms with Crippen LogP contribution in [0.1, 0.15) is 6.92 Å². The Morgan fingerprint density at radius 1 is 1.04 bits per heavy atom. The van der Waals surface area contributed by atoms with Gasteiger partial charge in [-0.2, -0.15) is 0 Å². The Labute approximate surface area is 136 Å². The van der Waals surface area contributed by atoms with Gasteiger partial charge in [0.15, 0.2) is 0 Å². The maximum atomic E-state index is 12.5. The zero-order valence-corrected chi connectivity index (χ0v) is 14.0. The molecular formula is C18H23N3O2. The molecule has 1 atom stereocenters. The Morgan fingerprint density at radius 2 is 1.70 bits per heavy atom. The standard InChI is InChI=1S/C18H23N3O2/c1-13(21(4)12-17(22)20(2)3)18(23)19-16-11-7-9-14-8-5-6-10-15(14)16/h5-11,13H,12H2,1-4H3,(H,19,23)/t13-/m0/s1.